The van der Waals surface area contributed by atoms with Gasteiger partial charge in [-0.3, -0.25) is 14.5 Å². The Hall–Kier alpha value is -2.38. The van der Waals surface area contributed by atoms with Gasteiger partial charge in [0.25, 0.3) is 0 Å². The van der Waals surface area contributed by atoms with Gasteiger partial charge in [-0.1, -0.05) is 36.8 Å². The molecule has 0 unspecified atom stereocenters. The number of hydrogen-bond acceptors (Lipinski definition) is 5. The van der Waals surface area contributed by atoms with E-state index in [1.807, 2.05) is 28.0 Å². The van der Waals surface area contributed by atoms with Crippen LogP contribution in [0.25, 0.3) is 0 Å². The van der Waals surface area contributed by atoms with E-state index in [4.69, 9.17) is 9.47 Å². The van der Waals surface area contributed by atoms with E-state index in [9.17, 15) is 9.59 Å². The number of para-hydroxylation sites is 1. The third-order valence-corrected chi connectivity index (χ3v) is 7.95. The molecule has 7 heteroatoms. The second-order valence-corrected chi connectivity index (χ2v) is 10.1. The summed E-state index contributed by atoms with van der Waals surface area (Å²) >= 11 is 0. The van der Waals surface area contributed by atoms with Gasteiger partial charge in [0.05, 0.1) is 19.8 Å². The first-order valence-corrected chi connectivity index (χ1v) is 12.9. The van der Waals surface area contributed by atoms with Crippen LogP contribution in [0.3, 0.4) is 0 Å². The second kappa shape index (κ2) is 10.9. The van der Waals surface area contributed by atoms with Crippen molar-refractivity contribution in [1.82, 2.24) is 14.7 Å². The maximum absolute atomic E-state index is 13.4. The third-order valence-electron chi connectivity index (χ3n) is 7.95. The quantitative estimate of drug-likeness (QED) is 0.640. The Morgan fingerprint density at radius 1 is 1.03 bits per heavy atom. The molecule has 3 fully saturated rings. The molecule has 1 saturated carbocycles. The molecular weight excluding hydrogens is 430 g/mol. The van der Waals surface area contributed by atoms with Crippen molar-refractivity contribution in [2.75, 3.05) is 52.5 Å². The minimum Gasteiger partial charge on any atom is -0.489 e. The number of nitrogens with zero attached hydrogens (tertiary/aromatic N) is 3. The van der Waals surface area contributed by atoms with E-state index in [2.05, 4.69) is 23.1 Å². The lowest BCUT2D eigenvalue weighted by Gasteiger charge is -2.41. The Kier molecular flexibility index (Phi) is 7.50. The Bertz CT molecular complexity index is 894. The van der Waals surface area contributed by atoms with Crippen molar-refractivity contribution in [1.29, 1.82) is 0 Å². The summed E-state index contributed by atoms with van der Waals surface area (Å²) in [7, 11) is 0. The predicted molar refractivity (Wildman–Crippen MR) is 129 cm³/mol. The molecule has 0 radical (unpaired) electrons. The van der Waals surface area contributed by atoms with Gasteiger partial charge in [-0.2, -0.15) is 0 Å². The van der Waals surface area contributed by atoms with Crippen molar-refractivity contribution >= 4 is 11.8 Å². The summed E-state index contributed by atoms with van der Waals surface area (Å²) in [5.74, 6) is 1.73. The number of hydrogen-bond donors (Lipinski definition) is 0. The van der Waals surface area contributed by atoms with Crippen LogP contribution >= 0.6 is 0 Å². The van der Waals surface area contributed by atoms with Crippen LogP contribution < -0.4 is 4.74 Å². The van der Waals surface area contributed by atoms with Crippen molar-refractivity contribution in [3.63, 3.8) is 0 Å². The highest BCUT2D eigenvalue weighted by molar-refractivity contribution is 5.79. The Morgan fingerprint density at radius 3 is 2.65 bits per heavy atom. The zero-order valence-corrected chi connectivity index (χ0v) is 20.1. The van der Waals surface area contributed by atoms with Crippen molar-refractivity contribution < 1.29 is 19.1 Å². The van der Waals surface area contributed by atoms with Crippen LogP contribution in [0.5, 0.6) is 5.75 Å². The minimum absolute atomic E-state index is 0.166. The van der Waals surface area contributed by atoms with Crippen LogP contribution in [0.2, 0.25) is 0 Å². The monoisotopic (exact) mass is 467 g/mol. The highest BCUT2D eigenvalue weighted by Gasteiger charge is 2.35. The molecule has 1 aromatic rings. The molecule has 2 bridgehead atoms. The molecular formula is C27H37N3O4. The average molecular weight is 468 g/mol. The second-order valence-electron chi connectivity index (χ2n) is 10.1. The van der Waals surface area contributed by atoms with Crippen molar-refractivity contribution in [3.05, 3.63) is 42.0 Å². The highest BCUT2D eigenvalue weighted by atomic mass is 16.5. The highest BCUT2D eigenvalue weighted by Crippen LogP contribution is 2.32. The summed E-state index contributed by atoms with van der Waals surface area (Å²) in [4.78, 5) is 32.7. The lowest BCUT2D eigenvalue weighted by Crippen LogP contribution is -2.50. The first-order chi connectivity index (χ1) is 16.7. The van der Waals surface area contributed by atoms with Crippen LogP contribution in [0.15, 0.2) is 36.4 Å². The van der Waals surface area contributed by atoms with E-state index in [0.717, 1.165) is 43.7 Å². The summed E-state index contributed by atoms with van der Waals surface area (Å²) in [6.07, 6.45) is 9.21. The summed E-state index contributed by atoms with van der Waals surface area (Å²) < 4.78 is 11.6. The Balaban J connectivity index is 1.33. The zero-order chi connectivity index (χ0) is 23.3. The molecule has 1 aromatic carbocycles. The van der Waals surface area contributed by atoms with E-state index >= 15 is 0 Å². The first kappa shape index (κ1) is 23.4. The predicted octanol–water partition coefficient (Wildman–Crippen LogP) is 2.70. The van der Waals surface area contributed by atoms with E-state index in [0.29, 0.717) is 58.5 Å². The number of rotatable bonds is 3. The van der Waals surface area contributed by atoms with Gasteiger partial charge >= 0.3 is 0 Å². The normalized spacial score (nSPS) is 27.9. The van der Waals surface area contributed by atoms with Crippen molar-refractivity contribution in [3.8, 4) is 5.75 Å². The zero-order valence-electron chi connectivity index (χ0n) is 20.1. The van der Waals surface area contributed by atoms with Crippen molar-refractivity contribution in [2.45, 2.75) is 44.7 Å². The lowest BCUT2D eigenvalue weighted by molar-refractivity contribution is -0.138. The summed E-state index contributed by atoms with van der Waals surface area (Å²) in [5, 5.41) is 0. The third kappa shape index (κ3) is 5.47. The van der Waals surface area contributed by atoms with Gasteiger partial charge in [-0.15, -0.1) is 0 Å². The number of carbonyl (C=O) groups is 2. The number of morpholine rings is 1. The molecule has 3 aliphatic heterocycles. The molecule has 4 aliphatic rings. The van der Waals surface area contributed by atoms with Crippen molar-refractivity contribution in [2.24, 2.45) is 11.8 Å². The van der Waals surface area contributed by atoms with E-state index in [1.165, 1.54) is 6.42 Å². The lowest BCUT2D eigenvalue weighted by atomic mass is 9.82. The molecule has 34 heavy (non-hydrogen) atoms. The van der Waals surface area contributed by atoms with Crippen LogP contribution in [0, 0.1) is 11.8 Å². The summed E-state index contributed by atoms with van der Waals surface area (Å²) in [5.41, 5.74) is 1.14. The van der Waals surface area contributed by atoms with Crippen LogP contribution in [-0.4, -0.2) is 85.1 Å². The minimum atomic E-state index is 0.166. The van der Waals surface area contributed by atoms with Crippen LogP contribution in [0.4, 0.5) is 0 Å². The van der Waals surface area contributed by atoms with Gasteiger partial charge in [0, 0.05) is 50.7 Å². The van der Waals surface area contributed by atoms with Gasteiger partial charge in [0.15, 0.2) is 0 Å². The molecule has 0 aromatic heterocycles. The number of amides is 2. The molecule has 0 N–H and O–H groups in total. The van der Waals surface area contributed by atoms with Crippen LogP contribution in [-0.2, 0) is 20.9 Å². The Labute approximate surface area is 202 Å². The molecule has 184 valence electrons. The largest absolute Gasteiger partial charge is 0.489 e. The fourth-order valence-electron chi connectivity index (χ4n) is 5.60. The molecule has 7 nitrogen and oxygen atoms in total. The molecule has 2 saturated heterocycles. The summed E-state index contributed by atoms with van der Waals surface area (Å²) in [6, 6.07) is 8.66. The molecule has 0 spiro atoms. The van der Waals surface area contributed by atoms with E-state index in [-0.39, 0.29) is 23.7 Å². The molecule has 2 amide bonds. The van der Waals surface area contributed by atoms with Gasteiger partial charge in [-0.05, 0) is 37.2 Å². The fourth-order valence-corrected chi connectivity index (χ4v) is 5.60. The molecule has 3 heterocycles. The summed E-state index contributed by atoms with van der Waals surface area (Å²) in [6.45, 7) is 5.71. The van der Waals surface area contributed by atoms with E-state index in [1.54, 1.807) is 0 Å². The number of piperidine rings is 1. The van der Waals surface area contributed by atoms with Gasteiger partial charge in [0.2, 0.25) is 11.8 Å². The standard InChI is InChI=1S/C27H37N3O4/c31-26(28-12-15-33-16-13-28)17-21-10-11-29-18-22(21)6-4-14-34-25-9-2-1-5-23(25)19-30(20-27(29)32)24-7-3-8-24/h1-2,4-6,9,21-22,24H,3,7-8,10-20H2/b6-4+/t21-,22-/m0/s1. The van der Waals surface area contributed by atoms with Gasteiger partial charge in [-0.25, -0.2) is 0 Å². The first-order valence-electron chi connectivity index (χ1n) is 12.9. The molecule has 5 rings (SSSR count). The van der Waals surface area contributed by atoms with Gasteiger partial charge < -0.3 is 19.3 Å². The van der Waals surface area contributed by atoms with Crippen LogP contribution in [0.1, 0.15) is 37.7 Å². The maximum atomic E-state index is 13.4. The van der Waals surface area contributed by atoms with Gasteiger partial charge in [0.1, 0.15) is 12.4 Å². The molecule has 2 atom stereocenters. The topological polar surface area (TPSA) is 62.3 Å². The average Bonchev–Trinajstić information content (AvgIpc) is 2.83. The smallest absolute Gasteiger partial charge is 0.236 e. The maximum Gasteiger partial charge on any atom is 0.236 e. The number of ether oxygens (including phenoxy) is 2. The Morgan fingerprint density at radius 2 is 1.85 bits per heavy atom. The number of carbonyl (C=O) groups excluding carboxylic acids is 2. The fraction of sp³-hybridized carbons (Fsp3) is 0.630. The van der Waals surface area contributed by atoms with E-state index < -0.39 is 0 Å². The molecule has 1 aliphatic carbocycles. The number of benzene rings is 1. The SMILES string of the molecule is O=C(C[C@@H]1CCN2C[C@@H]1/C=C/COc1ccccc1CN(C1CCC1)CC2=O)N1CCOCC1. The number of fused-ring (bicyclic) bond motifs is 3.